The van der Waals surface area contributed by atoms with Gasteiger partial charge in [-0.1, -0.05) is 23.2 Å². The third-order valence-electron chi connectivity index (χ3n) is 2.11. The lowest BCUT2D eigenvalue weighted by Crippen LogP contribution is -1.96. The van der Waals surface area contributed by atoms with Gasteiger partial charge in [0.15, 0.2) is 5.69 Å². The van der Waals surface area contributed by atoms with Gasteiger partial charge in [-0.25, -0.2) is 4.98 Å². The first kappa shape index (κ1) is 11.7. The van der Waals surface area contributed by atoms with Crippen molar-refractivity contribution in [3.05, 3.63) is 52.3 Å². The Kier molecular flexibility index (Phi) is 3.48. The van der Waals surface area contributed by atoms with E-state index in [-0.39, 0.29) is 0 Å². The largest absolute Gasteiger partial charge is 0.352 e. The second-order valence-corrected chi connectivity index (χ2v) is 4.10. The van der Waals surface area contributed by atoms with Crippen LogP contribution in [-0.2, 0) is 0 Å². The molecule has 0 radical (unpaired) electrons. The second kappa shape index (κ2) is 5.05. The average molecular weight is 264 g/mol. The summed E-state index contributed by atoms with van der Waals surface area (Å²) in [5, 5.41) is 13.0. The zero-order chi connectivity index (χ0) is 12.3. The van der Waals surface area contributed by atoms with Gasteiger partial charge in [-0.05, 0) is 30.3 Å². The molecule has 1 N–H and O–H groups in total. The minimum absolute atomic E-state index is 0.309. The van der Waals surface area contributed by atoms with Gasteiger partial charge in [-0.15, -0.1) is 0 Å². The minimum Gasteiger partial charge on any atom is -0.352 e. The van der Waals surface area contributed by atoms with Crippen LogP contribution < -0.4 is 5.32 Å². The number of rotatable bonds is 2. The van der Waals surface area contributed by atoms with E-state index in [9.17, 15) is 0 Å². The summed E-state index contributed by atoms with van der Waals surface area (Å²) in [5.74, 6) is 0. The summed E-state index contributed by atoms with van der Waals surface area (Å²) in [4.78, 5) is 3.95. The maximum atomic E-state index is 8.91. The van der Waals surface area contributed by atoms with Crippen molar-refractivity contribution in [1.82, 2.24) is 4.98 Å². The summed E-state index contributed by atoms with van der Waals surface area (Å²) in [6, 6.07) is 10.6. The van der Waals surface area contributed by atoms with Crippen LogP contribution in [0.1, 0.15) is 5.69 Å². The number of anilines is 2. The Morgan fingerprint density at radius 1 is 1.18 bits per heavy atom. The normalized spacial score (nSPS) is 9.71. The smallest absolute Gasteiger partial charge is 0.163 e. The Bertz CT molecular complexity index is 591. The molecule has 0 amide bonds. The molecule has 0 aliphatic carbocycles. The van der Waals surface area contributed by atoms with Gasteiger partial charge < -0.3 is 5.32 Å². The number of nitriles is 1. The standard InChI is InChI=1S/C12H7Cl2N3/c13-8-3-4-9(14)11(6-8)17-10-2-1-5-16-12(10)7-15/h1-6,17H. The summed E-state index contributed by atoms with van der Waals surface area (Å²) >= 11 is 11.9. The summed E-state index contributed by atoms with van der Waals surface area (Å²) in [6.07, 6.45) is 1.56. The molecule has 0 atom stereocenters. The van der Waals surface area contributed by atoms with Gasteiger partial charge in [0.25, 0.3) is 0 Å². The van der Waals surface area contributed by atoms with Crippen LogP contribution in [0.25, 0.3) is 0 Å². The van der Waals surface area contributed by atoms with Gasteiger partial charge in [-0.2, -0.15) is 5.26 Å². The molecule has 3 nitrogen and oxygen atoms in total. The molecule has 1 heterocycles. The monoisotopic (exact) mass is 263 g/mol. The van der Waals surface area contributed by atoms with Gasteiger partial charge in [-0.3, -0.25) is 0 Å². The van der Waals surface area contributed by atoms with Crippen LogP contribution in [0.5, 0.6) is 0 Å². The van der Waals surface area contributed by atoms with Crippen LogP contribution in [0.2, 0.25) is 10.0 Å². The Morgan fingerprint density at radius 2 is 2.00 bits per heavy atom. The van der Waals surface area contributed by atoms with E-state index < -0.39 is 0 Å². The Hall–Kier alpha value is -1.76. The van der Waals surface area contributed by atoms with Crippen molar-refractivity contribution in [2.75, 3.05) is 5.32 Å². The van der Waals surface area contributed by atoms with E-state index in [1.54, 1.807) is 36.5 Å². The first-order chi connectivity index (χ1) is 8.20. The molecule has 5 heteroatoms. The fourth-order valence-electron chi connectivity index (χ4n) is 1.33. The van der Waals surface area contributed by atoms with Crippen LogP contribution in [0.3, 0.4) is 0 Å². The number of aromatic nitrogens is 1. The molecule has 1 aromatic carbocycles. The molecule has 1 aromatic heterocycles. The van der Waals surface area contributed by atoms with Crippen LogP contribution in [0.15, 0.2) is 36.5 Å². The third-order valence-corrected chi connectivity index (χ3v) is 2.68. The minimum atomic E-state index is 0.309. The number of benzene rings is 1. The molecular formula is C12H7Cl2N3. The highest BCUT2D eigenvalue weighted by molar-refractivity contribution is 6.35. The maximum absolute atomic E-state index is 8.91. The molecule has 17 heavy (non-hydrogen) atoms. The molecule has 0 bridgehead atoms. The first-order valence-electron chi connectivity index (χ1n) is 4.78. The number of hydrogen-bond acceptors (Lipinski definition) is 3. The van der Waals surface area contributed by atoms with E-state index in [2.05, 4.69) is 10.3 Å². The predicted octanol–water partition coefficient (Wildman–Crippen LogP) is 4.00. The number of halogens is 2. The van der Waals surface area contributed by atoms with Crippen molar-refractivity contribution < 1.29 is 0 Å². The number of pyridine rings is 1. The van der Waals surface area contributed by atoms with E-state index in [0.717, 1.165) is 0 Å². The predicted molar refractivity (Wildman–Crippen MR) is 68.7 cm³/mol. The van der Waals surface area contributed by atoms with E-state index in [1.165, 1.54) is 0 Å². The number of nitrogens with zero attached hydrogens (tertiary/aromatic N) is 2. The van der Waals surface area contributed by atoms with E-state index in [4.69, 9.17) is 28.5 Å². The number of nitrogens with one attached hydrogen (secondary N) is 1. The Morgan fingerprint density at radius 3 is 2.76 bits per heavy atom. The van der Waals surface area contributed by atoms with E-state index in [1.807, 2.05) is 6.07 Å². The van der Waals surface area contributed by atoms with Gasteiger partial charge in [0.05, 0.1) is 16.4 Å². The van der Waals surface area contributed by atoms with Gasteiger partial charge in [0, 0.05) is 11.2 Å². The van der Waals surface area contributed by atoms with Crippen molar-refractivity contribution in [3.8, 4) is 6.07 Å². The lowest BCUT2D eigenvalue weighted by molar-refractivity contribution is 1.26. The molecule has 84 valence electrons. The molecule has 2 rings (SSSR count). The van der Waals surface area contributed by atoms with Crippen molar-refractivity contribution in [2.24, 2.45) is 0 Å². The van der Waals surface area contributed by atoms with Crippen LogP contribution in [-0.4, -0.2) is 4.98 Å². The average Bonchev–Trinajstić information content (AvgIpc) is 2.34. The molecule has 0 saturated heterocycles. The Balaban J connectivity index is 2.38. The summed E-state index contributed by atoms with van der Waals surface area (Å²) < 4.78 is 0. The first-order valence-corrected chi connectivity index (χ1v) is 5.53. The topological polar surface area (TPSA) is 48.7 Å². The van der Waals surface area contributed by atoms with Crippen LogP contribution in [0, 0.1) is 11.3 Å². The zero-order valence-electron chi connectivity index (χ0n) is 8.61. The third kappa shape index (κ3) is 2.68. The van der Waals surface area contributed by atoms with Crippen molar-refractivity contribution >= 4 is 34.6 Å². The summed E-state index contributed by atoms with van der Waals surface area (Å²) in [5.41, 5.74) is 1.55. The molecule has 0 saturated carbocycles. The highest BCUT2D eigenvalue weighted by Gasteiger charge is 2.05. The molecule has 2 aromatic rings. The fraction of sp³-hybridized carbons (Fsp3) is 0. The second-order valence-electron chi connectivity index (χ2n) is 3.26. The lowest BCUT2D eigenvalue weighted by atomic mass is 10.2. The SMILES string of the molecule is N#Cc1ncccc1Nc1cc(Cl)ccc1Cl. The zero-order valence-corrected chi connectivity index (χ0v) is 10.1. The molecule has 0 aliphatic heterocycles. The number of hydrogen-bond donors (Lipinski definition) is 1. The van der Waals surface area contributed by atoms with Crippen LogP contribution in [0.4, 0.5) is 11.4 Å². The highest BCUT2D eigenvalue weighted by Crippen LogP contribution is 2.29. The van der Waals surface area contributed by atoms with Gasteiger partial charge in [0.1, 0.15) is 6.07 Å². The molecule has 0 unspecified atom stereocenters. The quantitative estimate of drug-likeness (QED) is 0.891. The van der Waals surface area contributed by atoms with Crippen LogP contribution >= 0.6 is 23.2 Å². The highest BCUT2D eigenvalue weighted by atomic mass is 35.5. The van der Waals surface area contributed by atoms with Gasteiger partial charge in [0.2, 0.25) is 0 Å². The fourth-order valence-corrected chi connectivity index (χ4v) is 1.67. The van der Waals surface area contributed by atoms with E-state index in [0.29, 0.717) is 27.1 Å². The molecule has 0 aliphatic rings. The summed E-state index contributed by atoms with van der Waals surface area (Å²) in [6.45, 7) is 0. The maximum Gasteiger partial charge on any atom is 0.163 e. The van der Waals surface area contributed by atoms with Crippen molar-refractivity contribution in [1.29, 1.82) is 5.26 Å². The lowest BCUT2D eigenvalue weighted by Gasteiger charge is -2.09. The molecule has 0 spiro atoms. The Labute approximate surface area is 109 Å². The van der Waals surface area contributed by atoms with Gasteiger partial charge >= 0.3 is 0 Å². The van der Waals surface area contributed by atoms with E-state index >= 15 is 0 Å². The van der Waals surface area contributed by atoms with Crippen molar-refractivity contribution in [2.45, 2.75) is 0 Å². The summed E-state index contributed by atoms with van der Waals surface area (Å²) in [7, 11) is 0. The molecular weight excluding hydrogens is 257 g/mol. The molecule has 0 fully saturated rings. The van der Waals surface area contributed by atoms with Crippen molar-refractivity contribution in [3.63, 3.8) is 0 Å².